The van der Waals surface area contributed by atoms with Gasteiger partial charge in [0.1, 0.15) is 5.58 Å². The van der Waals surface area contributed by atoms with Crippen molar-refractivity contribution in [2.45, 2.75) is 34.1 Å². The number of carboxylic acids is 1. The van der Waals surface area contributed by atoms with Crippen molar-refractivity contribution >= 4 is 16.9 Å². The van der Waals surface area contributed by atoms with Crippen LogP contribution in [0.3, 0.4) is 0 Å². The normalized spacial score (nSPS) is 11.4. The van der Waals surface area contributed by atoms with Gasteiger partial charge in [-0.2, -0.15) is 0 Å². The summed E-state index contributed by atoms with van der Waals surface area (Å²) in [7, 11) is 0. The van der Waals surface area contributed by atoms with Gasteiger partial charge in [-0.3, -0.25) is 0 Å². The first-order chi connectivity index (χ1) is 8.40. The summed E-state index contributed by atoms with van der Waals surface area (Å²) in [5, 5.41) is 10.2. The summed E-state index contributed by atoms with van der Waals surface area (Å²) in [6.07, 6.45) is 0.719. The van der Waals surface area contributed by atoms with Gasteiger partial charge >= 0.3 is 5.97 Å². The van der Waals surface area contributed by atoms with Crippen molar-refractivity contribution in [1.82, 2.24) is 0 Å². The molecule has 0 spiro atoms. The van der Waals surface area contributed by atoms with Crippen molar-refractivity contribution in [3.8, 4) is 0 Å². The monoisotopic (exact) mass is 246 g/mol. The zero-order valence-electron chi connectivity index (χ0n) is 11.2. The largest absolute Gasteiger partial charge is 0.475 e. The number of aromatic carboxylic acids is 1. The van der Waals surface area contributed by atoms with Crippen molar-refractivity contribution in [3.05, 3.63) is 34.6 Å². The third-order valence-electron chi connectivity index (χ3n) is 3.21. The van der Waals surface area contributed by atoms with E-state index >= 15 is 0 Å². The van der Waals surface area contributed by atoms with E-state index in [0.29, 0.717) is 11.5 Å². The van der Waals surface area contributed by atoms with Crippen molar-refractivity contribution in [3.63, 3.8) is 0 Å². The first-order valence-electron chi connectivity index (χ1n) is 6.16. The van der Waals surface area contributed by atoms with E-state index in [-0.39, 0.29) is 5.76 Å². The van der Waals surface area contributed by atoms with Gasteiger partial charge in [-0.05, 0) is 49.4 Å². The molecule has 2 rings (SSSR count). The van der Waals surface area contributed by atoms with E-state index < -0.39 is 5.97 Å². The molecular formula is C15H18O3. The summed E-state index contributed by atoms with van der Waals surface area (Å²) in [6, 6.07) is 3.94. The highest BCUT2D eigenvalue weighted by Crippen LogP contribution is 2.30. The Bertz CT molecular complexity index is 606. The third kappa shape index (κ3) is 2.13. The van der Waals surface area contributed by atoms with Crippen molar-refractivity contribution in [1.29, 1.82) is 0 Å². The summed E-state index contributed by atoms with van der Waals surface area (Å²) >= 11 is 0. The second-order valence-corrected chi connectivity index (χ2v) is 5.25. The Labute approximate surface area is 106 Å². The number of hydrogen-bond acceptors (Lipinski definition) is 2. The Balaban J connectivity index is 2.72. The minimum Gasteiger partial charge on any atom is -0.475 e. The molecule has 0 amide bonds. The van der Waals surface area contributed by atoms with E-state index in [9.17, 15) is 9.90 Å². The van der Waals surface area contributed by atoms with Crippen LogP contribution in [0.4, 0.5) is 0 Å². The molecule has 0 bridgehead atoms. The van der Waals surface area contributed by atoms with Crippen molar-refractivity contribution < 1.29 is 14.3 Å². The van der Waals surface area contributed by atoms with Crippen LogP contribution in [0.2, 0.25) is 0 Å². The van der Waals surface area contributed by atoms with E-state index in [1.165, 1.54) is 0 Å². The maximum atomic E-state index is 11.2. The summed E-state index contributed by atoms with van der Waals surface area (Å²) in [4.78, 5) is 11.2. The molecule has 0 atom stereocenters. The molecule has 0 fully saturated rings. The average Bonchev–Trinajstić information content (AvgIpc) is 2.57. The van der Waals surface area contributed by atoms with Gasteiger partial charge in [0.25, 0.3) is 0 Å². The lowest BCUT2D eigenvalue weighted by molar-refractivity contribution is 0.0663. The van der Waals surface area contributed by atoms with E-state index in [1.807, 2.05) is 26.0 Å². The van der Waals surface area contributed by atoms with Gasteiger partial charge in [0, 0.05) is 10.9 Å². The molecule has 1 N–H and O–H groups in total. The summed E-state index contributed by atoms with van der Waals surface area (Å²) in [5.41, 5.74) is 3.76. The van der Waals surface area contributed by atoms with Crippen LogP contribution in [0.5, 0.6) is 0 Å². The van der Waals surface area contributed by atoms with Crippen LogP contribution in [-0.4, -0.2) is 11.1 Å². The molecule has 0 aliphatic heterocycles. The van der Waals surface area contributed by atoms with Gasteiger partial charge in [-0.25, -0.2) is 4.79 Å². The summed E-state index contributed by atoms with van der Waals surface area (Å²) < 4.78 is 5.50. The summed E-state index contributed by atoms with van der Waals surface area (Å²) in [6.45, 7) is 8.18. The number of carbonyl (C=O) groups is 1. The summed E-state index contributed by atoms with van der Waals surface area (Å²) in [5.74, 6) is -0.508. The molecule has 0 aliphatic rings. The zero-order chi connectivity index (χ0) is 13.4. The molecule has 0 radical (unpaired) electrons. The van der Waals surface area contributed by atoms with E-state index in [0.717, 1.165) is 28.5 Å². The standard InChI is InChI=1S/C15H18O3/c1-8(2)5-12-11-6-9(3)10(4)7-13(11)18-14(12)15(16)17/h6-8H,5H2,1-4H3,(H,16,17). The van der Waals surface area contributed by atoms with Gasteiger partial charge in [0.15, 0.2) is 0 Å². The Morgan fingerprint density at radius 2 is 1.89 bits per heavy atom. The van der Waals surface area contributed by atoms with Crippen LogP contribution in [0.25, 0.3) is 11.0 Å². The van der Waals surface area contributed by atoms with Crippen molar-refractivity contribution in [2.24, 2.45) is 5.92 Å². The Morgan fingerprint density at radius 3 is 2.44 bits per heavy atom. The number of furan rings is 1. The number of aryl methyl sites for hydroxylation is 2. The average molecular weight is 246 g/mol. The maximum absolute atomic E-state index is 11.2. The lowest BCUT2D eigenvalue weighted by Gasteiger charge is -2.04. The topological polar surface area (TPSA) is 50.4 Å². The Kier molecular flexibility index (Phi) is 3.16. The van der Waals surface area contributed by atoms with E-state index in [2.05, 4.69) is 13.8 Å². The van der Waals surface area contributed by atoms with Gasteiger partial charge in [0.2, 0.25) is 5.76 Å². The van der Waals surface area contributed by atoms with E-state index in [1.54, 1.807) is 0 Å². The molecule has 3 nitrogen and oxygen atoms in total. The smallest absolute Gasteiger partial charge is 0.372 e. The highest BCUT2D eigenvalue weighted by atomic mass is 16.4. The zero-order valence-corrected chi connectivity index (χ0v) is 11.2. The number of rotatable bonds is 3. The maximum Gasteiger partial charge on any atom is 0.372 e. The number of carboxylic acid groups (broad SMARTS) is 1. The van der Waals surface area contributed by atoms with Crippen LogP contribution >= 0.6 is 0 Å². The molecule has 96 valence electrons. The first kappa shape index (κ1) is 12.7. The highest BCUT2D eigenvalue weighted by Gasteiger charge is 2.20. The molecule has 1 heterocycles. The number of benzene rings is 1. The minimum atomic E-state index is -0.989. The second-order valence-electron chi connectivity index (χ2n) is 5.25. The number of fused-ring (bicyclic) bond motifs is 1. The Hall–Kier alpha value is -1.77. The second kappa shape index (κ2) is 4.48. The minimum absolute atomic E-state index is 0.0868. The molecule has 0 aliphatic carbocycles. The van der Waals surface area contributed by atoms with Crippen molar-refractivity contribution in [2.75, 3.05) is 0 Å². The van der Waals surface area contributed by atoms with Crippen LogP contribution in [0.1, 0.15) is 41.1 Å². The molecule has 0 saturated heterocycles. The molecule has 1 aromatic heterocycles. The predicted octanol–water partition coefficient (Wildman–Crippen LogP) is 3.95. The SMILES string of the molecule is Cc1cc2oc(C(=O)O)c(CC(C)C)c2cc1C. The molecular weight excluding hydrogens is 228 g/mol. The lowest BCUT2D eigenvalue weighted by atomic mass is 9.98. The van der Waals surface area contributed by atoms with Gasteiger partial charge in [-0.1, -0.05) is 13.8 Å². The van der Waals surface area contributed by atoms with Gasteiger partial charge in [0.05, 0.1) is 0 Å². The quantitative estimate of drug-likeness (QED) is 0.892. The van der Waals surface area contributed by atoms with Gasteiger partial charge in [-0.15, -0.1) is 0 Å². The fourth-order valence-corrected chi connectivity index (χ4v) is 2.19. The fourth-order valence-electron chi connectivity index (χ4n) is 2.19. The number of hydrogen-bond donors (Lipinski definition) is 1. The Morgan fingerprint density at radius 1 is 1.28 bits per heavy atom. The molecule has 1 aromatic carbocycles. The lowest BCUT2D eigenvalue weighted by Crippen LogP contribution is -2.02. The van der Waals surface area contributed by atoms with E-state index in [4.69, 9.17) is 4.42 Å². The van der Waals surface area contributed by atoms with Gasteiger partial charge < -0.3 is 9.52 Å². The van der Waals surface area contributed by atoms with Crippen LogP contribution in [0, 0.1) is 19.8 Å². The van der Waals surface area contributed by atoms with Crippen LogP contribution < -0.4 is 0 Å². The molecule has 2 aromatic rings. The molecule has 18 heavy (non-hydrogen) atoms. The predicted molar refractivity (Wildman–Crippen MR) is 71.2 cm³/mol. The molecule has 3 heteroatoms. The molecule has 0 unspecified atom stereocenters. The third-order valence-corrected chi connectivity index (χ3v) is 3.21. The highest BCUT2D eigenvalue weighted by molar-refractivity contribution is 5.95. The van der Waals surface area contributed by atoms with Crippen LogP contribution in [-0.2, 0) is 6.42 Å². The fraction of sp³-hybridized carbons (Fsp3) is 0.400. The molecule has 0 saturated carbocycles. The van der Waals surface area contributed by atoms with Crippen LogP contribution in [0.15, 0.2) is 16.5 Å². The first-order valence-corrected chi connectivity index (χ1v) is 6.16.